The number of ether oxygens (including phenoxy) is 1. The van der Waals surface area contributed by atoms with Crippen LogP contribution in [0.3, 0.4) is 0 Å². The zero-order chi connectivity index (χ0) is 18.0. The molecule has 0 radical (unpaired) electrons. The van der Waals surface area contributed by atoms with Gasteiger partial charge in [0, 0.05) is 24.0 Å². The zero-order valence-electron chi connectivity index (χ0n) is 13.4. The van der Waals surface area contributed by atoms with Gasteiger partial charge in [0.1, 0.15) is 5.82 Å². The van der Waals surface area contributed by atoms with Crippen molar-refractivity contribution in [3.8, 4) is 11.1 Å². The number of pyridine rings is 1. The summed E-state index contributed by atoms with van der Waals surface area (Å²) in [5.74, 6) is -0.943. The van der Waals surface area contributed by atoms with Crippen molar-refractivity contribution >= 4 is 6.09 Å². The van der Waals surface area contributed by atoms with Crippen molar-refractivity contribution in [3.63, 3.8) is 0 Å². The first-order valence-corrected chi connectivity index (χ1v) is 7.60. The minimum Gasteiger partial charge on any atom is -0.418 e. The molecular formula is C18H15F3N2O2. The third-order valence-corrected chi connectivity index (χ3v) is 3.97. The molecular weight excluding hydrogens is 333 g/mol. The molecule has 25 heavy (non-hydrogen) atoms. The highest BCUT2D eigenvalue weighted by Gasteiger charge is 2.19. The lowest BCUT2D eigenvalue weighted by atomic mass is 10.0. The fourth-order valence-corrected chi connectivity index (χ4v) is 2.55. The Morgan fingerprint density at radius 1 is 1.28 bits per heavy atom. The van der Waals surface area contributed by atoms with Crippen molar-refractivity contribution in [2.24, 2.45) is 0 Å². The van der Waals surface area contributed by atoms with Gasteiger partial charge in [-0.1, -0.05) is 6.07 Å². The van der Waals surface area contributed by atoms with E-state index in [9.17, 15) is 18.0 Å². The predicted octanol–water partition coefficient (Wildman–Crippen LogP) is 4.60. The maximum Gasteiger partial charge on any atom is 0.415 e. The quantitative estimate of drug-likeness (QED) is 0.811. The van der Waals surface area contributed by atoms with Crippen molar-refractivity contribution in [1.29, 1.82) is 0 Å². The fraction of sp³-hybridized carbons (Fsp3) is 0.222. The Morgan fingerprint density at radius 2 is 2.08 bits per heavy atom. The summed E-state index contributed by atoms with van der Waals surface area (Å²) in [7, 11) is 0. The van der Waals surface area contributed by atoms with Crippen LogP contribution in [-0.2, 0) is 11.3 Å². The van der Waals surface area contributed by atoms with E-state index >= 15 is 0 Å². The Hall–Kier alpha value is -2.83. The monoisotopic (exact) mass is 348 g/mol. The summed E-state index contributed by atoms with van der Waals surface area (Å²) in [6.45, 7) is 2.48. The molecule has 0 aliphatic carbocycles. The Balaban J connectivity index is 1.93. The molecule has 0 unspecified atom stereocenters. The average Bonchev–Trinajstić information content (AvgIpc) is 2.59. The lowest BCUT2D eigenvalue weighted by Gasteiger charge is -2.23. The van der Waals surface area contributed by atoms with E-state index in [1.54, 1.807) is 19.1 Å². The van der Waals surface area contributed by atoms with Crippen LogP contribution in [0.2, 0.25) is 0 Å². The maximum absolute atomic E-state index is 13.5. The fourth-order valence-electron chi connectivity index (χ4n) is 2.55. The van der Waals surface area contributed by atoms with Crippen LogP contribution in [0.1, 0.15) is 23.2 Å². The van der Waals surface area contributed by atoms with E-state index in [2.05, 4.69) is 4.98 Å². The standard InChI is InChI=1S/C18H15F3N2O2/c1-11-14(10-23-5-2-6-25-18(23)24)7-13(9-22-11)12-3-4-16(19)15(8-12)17(20)21/h2-4,6-9,17H,5,10H2,1H3. The van der Waals surface area contributed by atoms with Gasteiger partial charge in [-0.05, 0) is 42.3 Å². The molecule has 0 bridgehead atoms. The lowest BCUT2D eigenvalue weighted by Crippen LogP contribution is -2.33. The smallest absolute Gasteiger partial charge is 0.415 e. The molecule has 1 aromatic carbocycles. The number of hydrogen-bond acceptors (Lipinski definition) is 3. The molecule has 2 aromatic rings. The molecule has 0 atom stereocenters. The van der Waals surface area contributed by atoms with Crippen LogP contribution in [0.4, 0.5) is 18.0 Å². The van der Waals surface area contributed by atoms with E-state index in [1.807, 2.05) is 0 Å². The highest BCUT2D eigenvalue weighted by molar-refractivity contribution is 5.70. The molecule has 1 aliphatic rings. The number of benzene rings is 1. The summed E-state index contributed by atoms with van der Waals surface area (Å²) >= 11 is 0. The van der Waals surface area contributed by atoms with Crippen LogP contribution in [0.15, 0.2) is 42.8 Å². The van der Waals surface area contributed by atoms with Crippen LogP contribution in [-0.4, -0.2) is 22.5 Å². The number of aromatic nitrogens is 1. The molecule has 1 amide bonds. The van der Waals surface area contributed by atoms with Crippen LogP contribution in [0.25, 0.3) is 11.1 Å². The van der Waals surface area contributed by atoms with Gasteiger partial charge in [0.2, 0.25) is 0 Å². The van der Waals surface area contributed by atoms with Crippen molar-refractivity contribution in [2.75, 3.05) is 6.54 Å². The normalized spacial score (nSPS) is 14.1. The molecule has 0 fully saturated rings. The van der Waals surface area contributed by atoms with E-state index in [-0.39, 0.29) is 6.54 Å². The molecule has 130 valence electrons. The van der Waals surface area contributed by atoms with Gasteiger partial charge in [0.25, 0.3) is 6.43 Å². The first-order valence-electron chi connectivity index (χ1n) is 7.60. The molecule has 3 rings (SSSR count). The average molecular weight is 348 g/mol. The number of carbonyl (C=O) groups excluding carboxylic acids is 1. The SMILES string of the molecule is Cc1ncc(-c2ccc(F)c(C(F)F)c2)cc1CN1CC=COC1=O. The largest absolute Gasteiger partial charge is 0.418 e. The number of nitrogens with zero attached hydrogens (tertiary/aromatic N) is 2. The first kappa shape index (κ1) is 17.0. The summed E-state index contributed by atoms with van der Waals surface area (Å²) in [6, 6.07) is 5.32. The molecule has 7 heteroatoms. The second kappa shape index (κ2) is 6.96. The molecule has 0 saturated heterocycles. The number of aryl methyl sites for hydroxylation is 1. The van der Waals surface area contributed by atoms with Crippen LogP contribution < -0.4 is 0 Å². The minimum absolute atomic E-state index is 0.277. The third-order valence-electron chi connectivity index (χ3n) is 3.97. The Morgan fingerprint density at radius 3 is 2.80 bits per heavy atom. The van der Waals surface area contributed by atoms with Crippen LogP contribution in [0, 0.1) is 12.7 Å². The number of alkyl halides is 2. The van der Waals surface area contributed by atoms with Gasteiger partial charge in [-0.25, -0.2) is 18.0 Å². The van der Waals surface area contributed by atoms with E-state index in [1.165, 1.54) is 23.4 Å². The van der Waals surface area contributed by atoms with Gasteiger partial charge in [0.15, 0.2) is 0 Å². The van der Waals surface area contributed by atoms with Crippen LogP contribution >= 0.6 is 0 Å². The summed E-state index contributed by atoms with van der Waals surface area (Å²) in [5, 5.41) is 0. The summed E-state index contributed by atoms with van der Waals surface area (Å²) in [6.07, 6.45) is 1.23. The lowest BCUT2D eigenvalue weighted by molar-refractivity contribution is 0.131. The summed E-state index contributed by atoms with van der Waals surface area (Å²) < 4.78 is 44.1. The molecule has 0 spiro atoms. The van der Waals surface area contributed by atoms with Gasteiger partial charge in [-0.15, -0.1) is 0 Å². The number of amides is 1. The number of hydrogen-bond donors (Lipinski definition) is 0. The van der Waals surface area contributed by atoms with Gasteiger partial charge in [-0.2, -0.15) is 0 Å². The third kappa shape index (κ3) is 3.65. The maximum atomic E-state index is 13.5. The molecule has 2 heterocycles. The van der Waals surface area contributed by atoms with Crippen LogP contribution in [0.5, 0.6) is 0 Å². The van der Waals surface area contributed by atoms with Gasteiger partial charge in [-0.3, -0.25) is 9.88 Å². The van der Waals surface area contributed by atoms with E-state index in [4.69, 9.17) is 4.74 Å². The first-order chi connectivity index (χ1) is 12.0. The van der Waals surface area contributed by atoms with E-state index < -0.39 is 23.9 Å². The Labute approximate surface area is 142 Å². The van der Waals surface area contributed by atoms with Gasteiger partial charge < -0.3 is 4.74 Å². The second-order valence-corrected chi connectivity index (χ2v) is 5.64. The number of rotatable bonds is 4. The predicted molar refractivity (Wildman–Crippen MR) is 85.4 cm³/mol. The highest BCUT2D eigenvalue weighted by atomic mass is 19.3. The Kier molecular flexibility index (Phi) is 4.74. The highest BCUT2D eigenvalue weighted by Crippen LogP contribution is 2.29. The van der Waals surface area contributed by atoms with Crippen molar-refractivity contribution in [2.45, 2.75) is 19.9 Å². The summed E-state index contributed by atoms with van der Waals surface area (Å²) in [4.78, 5) is 17.5. The Bertz CT molecular complexity index is 837. The molecule has 4 nitrogen and oxygen atoms in total. The van der Waals surface area contributed by atoms with Gasteiger partial charge in [0.05, 0.1) is 18.4 Å². The van der Waals surface area contributed by atoms with Crippen molar-refractivity contribution in [3.05, 3.63) is 65.4 Å². The minimum atomic E-state index is -2.90. The zero-order valence-corrected chi connectivity index (χ0v) is 13.4. The number of cyclic esters (lactones) is 1. The molecule has 0 saturated carbocycles. The molecule has 1 aromatic heterocycles. The number of halogens is 3. The van der Waals surface area contributed by atoms with Crippen molar-refractivity contribution < 1.29 is 22.7 Å². The molecule has 0 N–H and O–H groups in total. The topological polar surface area (TPSA) is 42.4 Å². The number of carbonyl (C=O) groups is 1. The molecule has 1 aliphatic heterocycles. The van der Waals surface area contributed by atoms with Gasteiger partial charge >= 0.3 is 6.09 Å². The van der Waals surface area contributed by atoms with E-state index in [0.717, 1.165) is 17.7 Å². The summed E-state index contributed by atoms with van der Waals surface area (Å²) in [5.41, 5.74) is 1.83. The van der Waals surface area contributed by atoms with Crippen molar-refractivity contribution in [1.82, 2.24) is 9.88 Å². The van der Waals surface area contributed by atoms with E-state index in [0.29, 0.717) is 23.4 Å². The second-order valence-electron chi connectivity index (χ2n) is 5.64.